The number of amides is 1. The molecule has 120 valence electrons. The molecule has 10 heteroatoms. The number of terminal acetylenes is 1. The zero-order chi connectivity index (χ0) is 16.5. The minimum absolute atomic E-state index is 0.0213. The first-order valence-electron chi connectivity index (χ1n) is 6.01. The van der Waals surface area contributed by atoms with Crippen LogP contribution < -0.4 is 0 Å². The van der Waals surface area contributed by atoms with Crippen molar-refractivity contribution in [1.82, 2.24) is 4.90 Å². The Bertz CT molecular complexity index is 444. The van der Waals surface area contributed by atoms with E-state index < -0.39 is 31.1 Å². The van der Waals surface area contributed by atoms with Gasteiger partial charge in [0.05, 0.1) is 12.4 Å². The summed E-state index contributed by atoms with van der Waals surface area (Å²) in [5.74, 6) is 1.34. The Morgan fingerprint density at radius 3 is 2.48 bits per heavy atom. The fourth-order valence-corrected chi connectivity index (χ4v) is 2.74. The predicted molar refractivity (Wildman–Crippen MR) is 77.2 cm³/mol. The van der Waals surface area contributed by atoms with Crippen molar-refractivity contribution in [3.63, 3.8) is 0 Å². The van der Waals surface area contributed by atoms with Gasteiger partial charge >= 0.3 is 13.6 Å². The number of hydrogen-bond acceptors (Lipinski definition) is 6. The van der Waals surface area contributed by atoms with Crippen LogP contribution in [-0.4, -0.2) is 50.6 Å². The molecule has 0 rings (SSSR count). The van der Waals surface area contributed by atoms with Crippen LogP contribution in [0.4, 0.5) is 4.79 Å². The number of carbonyl (C=O) groups is 2. The van der Waals surface area contributed by atoms with Crippen LogP contribution in [0.3, 0.4) is 0 Å². The molecule has 0 aromatic heterocycles. The number of carbonyl (C=O) groups excluding carboxylic acids is 2. The zero-order valence-corrected chi connectivity index (χ0v) is 13.4. The Balaban J connectivity index is 5.13. The average Bonchev–Trinajstić information content (AvgIpc) is 2.40. The number of nitrogens with zero attached hydrogens (tertiary/aromatic N) is 1. The molecule has 0 fully saturated rings. The predicted octanol–water partition coefficient (Wildman–Crippen LogP) is 1.18. The standard InChI is InChI=1S/C11H18NO7PS/c1-4-7-21-11(14)12(8-20(15,16)17)9(5-2)10(13)19-18-6-3/h1,9H,5-8H2,2-3H3,(H2,15,16,17). The third-order valence-electron chi connectivity index (χ3n) is 2.14. The topological polar surface area (TPSA) is 113 Å². The van der Waals surface area contributed by atoms with Crippen LogP contribution in [0.25, 0.3) is 0 Å². The first kappa shape index (κ1) is 20.0. The van der Waals surface area contributed by atoms with Gasteiger partial charge in [0.1, 0.15) is 12.3 Å². The Morgan fingerprint density at radius 2 is 2.05 bits per heavy atom. The maximum Gasteiger partial charge on any atom is 0.364 e. The summed E-state index contributed by atoms with van der Waals surface area (Å²) in [6.45, 7) is 3.28. The van der Waals surface area contributed by atoms with Gasteiger partial charge in [-0.1, -0.05) is 24.6 Å². The third kappa shape index (κ3) is 8.09. The van der Waals surface area contributed by atoms with E-state index in [1.165, 1.54) is 0 Å². The Morgan fingerprint density at radius 1 is 1.43 bits per heavy atom. The highest BCUT2D eigenvalue weighted by Gasteiger charge is 2.35. The van der Waals surface area contributed by atoms with Crippen LogP contribution in [-0.2, 0) is 19.1 Å². The summed E-state index contributed by atoms with van der Waals surface area (Å²) in [5, 5.41) is -0.712. The van der Waals surface area contributed by atoms with Gasteiger partial charge in [0.25, 0.3) is 5.24 Å². The molecule has 21 heavy (non-hydrogen) atoms. The molecule has 0 aliphatic rings. The lowest BCUT2D eigenvalue weighted by molar-refractivity contribution is -0.273. The van der Waals surface area contributed by atoms with Gasteiger partial charge in [-0.3, -0.25) is 14.2 Å². The molecule has 0 radical (unpaired) electrons. The van der Waals surface area contributed by atoms with E-state index in [4.69, 9.17) is 16.2 Å². The molecule has 0 aromatic rings. The molecule has 2 N–H and O–H groups in total. The first-order chi connectivity index (χ1) is 9.76. The number of thioether (sulfide) groups is 1. The second-order valence-electron chi connectivity index (χ2n) is 3.77. The Kier molecular flexibility index (Phi) is 9.33. The van der Waals surface area contributed by atoms with Crippen LogP contribution in [0.5, 0.6) is 0 Å². The quantitative estimate of drug-likeness (QED) is 0.293. The molecule has 8 nitrogen and oxygen atoms in total. The van der Waals surface area contributed by atoms with E-state index in [0.29, 0.717) is 11.8 Å². The normalized spacial score (nSPS) is 12.3. The molecule has 1 atom stereocenters. The summed E-state index contributed by atoms with van der Waals surface area (Å²) in [4.78, 5) is 51.6. The SMILES string of the molecule is C#CCSC(=O)N(CP(=O)(O)O)C(CC)C(=O)OOCC. The van der Waals surface area contributed by atoms with E-state index in [-0.39, 0.29) is 18.8 Å². The van der Waals surface area contributed by atoms with Crippen LogP contribution >= 0.6 is 19.4 Å². The Labute approximate surface area is 127 Å². The lowest BCUT2D eigenvalue weighted by Gasteiger charge is -2.28. The largest absolute Gasteiger partial charge is 0.364 e. The van der Waals surface area contributed by atoms with E-state index in [1.54, 1.807) is 13.8 Å². The van der Waals surface area contributed by atoms with Crippen molar-refractivity contribution in [1.29, 1.82) is 0 Å². The molecule has 1 unspecified atom stereocenters. The van der Waals surface area contributed by atoms with E-state index in [1.807, 2.05) is 0 Å². The van der Waals surface area contributed by atoms with E-state index in [2.05, 4.69) is 15.7 Å². The minimum Gasteiger partial charge on any atom is -0.323 e. The van der Waals surface area contributed by atoms with Gasteiger partial charge in [0.2, 0.25) is 0 Å². The van der Waals surface area contributed by atoms with Crippen molar-refractivity contribution < 1.29 is 33.7 Å². The molecular formula is C11H18NO7PS. The van der Waals surface area contributed by atoms with E-state index >= 15 is 0 Å². The second kappa shape index (κ2) is 9.82. The van der Waals surface area contributed by atoms with Crippen LogP contribution in [0, 0.1) is 12.3 Å². The lowest BCUT2D eigenvalue weighted by Crippen LogP contribution is -2.44. The molecule has 0 heterocycles. The van der Waals surface area contributed by atoms with Gasteiger partial charge in [0, 0.05) is 0 Å². The van der Waals surface area contributed by atoms with Crippen molar-refractivity contribution in [2.45, 2.75) is 26.3 Å². The van der Waals surface area contributed by atoms with Crippen molar-refractivity contribution in [2.24, 2.45) is 0 Å². The fraction of sp³-hybridized carbons (Fsp3) is 0.636. The summed E-state index contributed by atoms with van der Waals surface area (Å²) in [6.07, 6.45) is 4.24. The van der Waals surface area contributed by atoms with Crippen LogP contribution in [0.1, 0.15) is 20.3 Å². The van der Waals surface area contributed by atoms with Gasteiger partial charge in [-0.2, -0.15) is 4.89 Å². The molecule has 0 saturated heterocycles. The maximum absolute atomic E-state index is 12.0. The van der Waals surface area contributed by atoms with Gasteiger partial charge in [-0.25, -0.2) is 4.79 Å². The minimum atomic E-state index is -4.55. The highest BCUT2D eigenvalue weighted by atomic mass is 32.2. The number of rotatable bonds is 8. The highest BCUT2D eigenvalue weighted by molar-refractivity contribution is 8.13. The van der Waals surface area contributed by atoms with Gasteiger partial charge < -0.3 is 14.7 Å². The van der Waals surface area contributed by atoms with Gasteiger partial charge in [-0.05, 0) is 13.3 Å². The molecule has 0 saturated carbocycles. The average molecular weight is 339 g/mol. The fourth-order valence-electron chi connectivity index (χ4n) is 1.36. The van der Waals surface area contributed by atoms with Crippen molar-refractivity contribution in [2.75, 3.05) is 18.6 Å². The van der Waals surface area contributed by atoms with Crippen molar-refractivity contribution in [3.8, 4) is 12.3 Å². The third-order valence-corrected chi connectivity index (χ3v) is 3.61. The Hall–Kier alpha value is -1.04. The summed E-state index contributed by atoms with van der Waals surface area (Å²) in [7, 11) is -4.55. The molecule has 0 aromatic carbocycles. The van der Waals surface area contributed by atoms with Crippen LogP contribution in [0.2, 0.25) is 0 Å². The summed E-state index contributed by atoms with van der Waals surface area (Å²) in [5.41, 5.74) is 0. The van der Waals surface area contributed by atoms with Crippen LogP contribution in [0.15, 0.2) is 0 Å². The van der Waals surface area contributed by atoms with E-state index in [9.17, 15) is 14.2 Å². The second-order valence-corrected chi connectivity index (χ2v) is 6.31. The van der Waals surface area contributed by atoms with Crippen molar-refractivity contribution >= 4 is 30.6 Å². The van der Waals surface area contributed by atoms with Crippen molar-refractivity contribution in [3.05, 3.63) is 0 Å². The first-order valence-corrected chi connectivity index (χ1v) is 8.79. The monoisotopic (exact) mass is 339 g/mol. The molecule has 0 spiro atoms. The molecule has 0 aliphatic carbocycles. The molecular weight excluding hydrogens is 321 g/mol. The summed E-state index contributed by atoms with van der Waals surface area (Å²) < 4.78 is 11.1. The molecule has 0 bridgehead atoms. The number of hydrogen-bond donors (Lipinski definition) is 2. The molecule has 1 amide bonds. The maximum atomic E-state index is 12.0. The van der Waals surface area contributed by atoms with E-state index in [0.717, 1.165) is 4.90 Å². The van der Waals surface area contributed by atoms with Gasteiger partial charge in [-0.15, -0.1) is 6.42 Å². The lowest BCUT2D eigenvalue weighted by atomic mass is 10.2. The zero-order valence-electron chi connectivity index (χ0n) is 11.7. The smallest absolute Gasteiger partial charge is 0.323 e. The molecule has 0 aliphatic heterocycles. The van der Waals surface area contributed by atoms with Gasteiger partial charge in [0.15, 0.2) is 0 Å². The summed E-state index contributed by atoms with van der Waals surface area (Å²) >= 11 is 0.669. The summed E-state index contributed by atoms with van der Waals surface area (Å²) in [6, 6.07) is -1.16. The highest BCUT2D eigenvalue weighted by Crippen LogP contribution is 2.37.